The zero-order valence-electron chi connectivity index (χ0n) is 24.5. The highest BCUT2D eigenvalue weighted by atomic mass is 32.1. The third-order valence-electron chi connectivity index (χ3n) is 6.45. The number of esters is 1. The molecule has 1 aromatic heterocycles. The van der Waals surface area contributed by atoms with Crippen LogP contribution in [-0.2, 0) is 19.1 Å². The number of hydrogen-bond acceptors (Lipinski definition) is 11. The van der Waals surface area contributed by atoms with Crippen molar-refractivity contribution in [1.82, 2.24) is 4.57 Å². The summed E-state index contributed by atoms with van der Waals surface area (Å²) in [6.45, 7) is 3.67. The molecular formula is C30H33N3O9S. The van der Waals surface area contributed by atoms with Crippen molar-refractivity contribution in [2.24, 2.45) is 10.7 Å². The van der Waals surface area contributed by atoms with Crippen molar-refractivity contribution in [1.29, 1.82) is 0 Å². The first-order valence-electron chi connectivity index (χ1n) is 13.3. The lowest BCUT2D eigenvalue weighted by Crippen LogP contribution is -2.40. The summed E-state index contributed by atoms with van der Waals surface area (Å²) in [5.74, 6) is 0.124. The van der Waals surface area contributed by atoms with Crippen LogP contribution in [0.15, 0.2) is 57.5 Å². The number of primary amides is 1. The number of allylic oxidation sites excluding steroid dienone is 1. The molecule has 0 radical (unpaired) electrons. The summed E-state index contributed by atoms with van der Waals surface area (Å²) in [5, 5.41) is 0. The van der Waals surface area contributed by atoms with E-state index in [1.807, 2.05) is 6.92 Å². The average molecular weight is 612 g/mol. The van der Waals surface area contributed by atoms with Crippen molar-refractivity contribution in [2.75, 3.05) is 47.8 Å². The van der Waals surface area contributed by atoms with E-state index in [1.54, 1.807) is 49.4 Å². The number of amides is 1. The van der Waals surface area contributed by atoms with Crippen molar-refractivity contribution < 1.29 is 38.0 Å². The summed E-state index contributed by atoms with van der Waals surface area (Å²) in [6.07, 6.45) is 1.62. The van der Waals surface area contributed by atoms with Crippen LogP contribution in [-0.4, -0.2) is 64.2 Å². The number of carbonyl (C=O) groups excluding carboxylic acids is 2. The van der Waals surface area contributed by atoms with E-state index in [1.165, 1.54) is 25.9 Å². The number of para-hydroxylation sites is 2. The molecule has 2 N–H and O–H groups in total. The van der Waals surface area contributed by atoms with E-state index in [0.717, 1.165) is 11.3 Å². The van der Waals surface area contributed by atoms with E-state index in [4.69, 9.17) is 34.2 Å². The fourth-order valence-corrected chi connectivity index (χ4v) is 5.66. The number of ether oxygens (including phenoxy) is 6. The fraction of sp³-hybridized carbons (Fsp3) is 0.333. The number of methoxy groups -OCH3 is 3. The van der Waals surface area contributed by atoms with Crippen LogP contribution in [0.1, 0.15) is 31.0 Å². The van der Waals surface area contributed by atoms with Gasteiger partial charge in [0.15, 0.2) is 34.4 Å². The van der Waals surface area contributed by atoms with Gasteiger partial charge < -0.3 is 34.2 Å². The van der Waals surface area contributed by atoms with Crippen molar-refractivity contribution in [3.8, 4) is 23.0 Å². The van der Waals surface area contributed by atoms with Gasteiger partial charge in [0.05, 0.1) is 43.2 Å². The van der Waals surface area contributed by atoms with Crippen LogP contribution in [0.25, 0.3) is 6.08 Å². The minimum atomic E-state index is -0.944. The zero-order chi connectivity index (χ0) is 31.1. The number of rotatable bonds is 13. The van der Waals surface area contributed by atoms with E-state index >= 15 is 0 Å². The maximum atomic E-state index is 14.2. The molecular weight excluding hydrogens is 578 g/mol. The van der Waals surface area contributed by atoms with E-state index in [2.05, 4.69) is 4.99 Å². The molecule has 0 bridgehead atoms. The standard InChI is InChI=1S/C30H33N3O9S/c1-6-40-27-19(10-8-12-21(27)39-5)25-24(29(36)41-14-13-37-3)17(2)32-30-33(25)28(35)22(43-30)15-18-9-7-11-20(38-4)26(18)42-16-23(31)34/h7-12,15,25H,6,13-14,16H2,1-5H3,(H2,31,34)/b22-15+/t25-/m1/s1. The predicted octanol–water partition coefficient (Wildman–Crippen LogP) is 1.70. The third-order valence-corrected chi connectivity index (χ3v) is 7.43. The van der Waals surface area contributed by atoms with Crippen LogP contribution in [0.2, 0.25) is 0 Å². The Morgan fingerprint density at radius 3 is 2.37 bits per heavy atom. The highest BCUT2D eigenvalue weighted by Gasteiger charge is 2.36. The van der Waals surface area contributed by atoms with Crippen LogP contribution in [0, 0.1) is 0 Å². The summed E-state index contributed by atoms with van der Waals surface area (Å²) in [5.41, 5.74) is 6.44. The monoisotopic (exact) mass is 611 g/mol. The van der Waals surface area contributed by atoms with Gasteiger partial charge >= 0.3 is 5.97 Å². The van der Waals surface area contributed by atoms with Crippen LogP contribution < -0.4 is 39.6 Å². The van der Waals surface area contributed by atoms with Crippen molar-refractivity contribution in [3.05, 3.63) is 78.5 Å². The van der Waals surface area contributed by atoms with E-state index in [-0.39, 0.29) is 31.1 Å². The summed E-state index contributed by atoms with van der Waals surface area (Å²) in [4.78, 5) is 44.1. The van der Waals surface area contributed by atoms with Crippen molar-refractivity contribution in [3.63, 3.8) is 0 Å². The minimum absolute atomic E-state index is 0.0175. The molecule has 3 aromatic rings. The molecule has 13 heteroatoms. The predicted molar refractivity (Wildman–Crippen MR) is 158 cm³/mol. The Morgan fingerprint density at radius 2 is 1.72 bits per heavy atom. The lowest BCUT2D eigenvalue weighted by atomic mass is 9.94. The number of aromatic nitrogens is 1. The SMILES string of the molecule is CCOc1c(OC)cccc1[C@@H]1C(C(=O)OCCOC)=C(C)N=c2s/c(=C/c3cccc(OC)c3OCC(N)=O)c(=O)n21. The van der Waals surface area contributed by atoms with Gasteiger partial charge in [0.1, 0.15) is 12.6 Å². The molecule has 0 saturated carbocycles. The van der Waals surface area contributed by atoms with E-state index in [9.17, 15) is 14.4 Å². The number of benzene rings is 2. The number of nitrogens with zero attached hydrogens (tertiary/aromatic N) is 2. The largest absolute Gasteiger partial charge is 0.493 e. The van der Waals surface area contributed by atoms with Crippen LogP contribution in [0.3, 0.4) is 0 Å². The summed E-state index contributed by atoms with van der Waals surface area (Å²) in [6, 6.07) is 9.43. The first-order valence-corrected chi connectivity index (χ1v) is 14.1. The van der Waals surface area contributed by atoms with Gasteiger partial charge in [-0.15, -0.1) is 0 Å². The lowest BCUT2D eigenvalue weighted by molar-refractivity contribution is -0.140. The second-order valence-corrected chi connectivity index (χ2v) is 10.2. The summed E-state index contributed by atoms with van der Waals surface area (Å²) in [7, 11) is 4.48. The number of hydrogen-bond donors (Lipinski definition) is 1. The van der Waals surface area contributed by atoms with Gasteiger partial charge in [-0.2, -0.15) is 0 Å². The molecule has 0 fully saturated rings. The Balaban J connectivity index is 1.97. The van der Waals surface area contributed by atoms with Crippen molar-refractivity contribution in [2.45, 2.75) is 19.9 Å². The van der Waals surface area contributed by atoms with E-state index < -0.39 is 23.5 Å². The number of fused-ring (bicyclic) bond motifs is 1. The van der Waals surface area contributed by atoms with Gasteiger partial charge in [0, 0.05) is 18.2 Å². The summed E-state index contributed by atoms with van der Waals surface area (Å²) < 4.78 is 34.9. The Kier molecular flexibility index (Phi) is 10.2. The van der Waals surface area contributed by atoms with Crippen molar-refractivity contribution >= 4 is 29.3 Å². The Labute approximate surface area is 251 Å². The molecule has 0 spiro atoms. The molecule has 1 atom stereocenters. The van der Waals surface area contributed by atoms with Crippen LogP contribution in [0.5, 0.6) is 23.0 Å². The van der Waals surface area contributed by atoms with Gasteiger partial charge in [-0.25, -0.2) is 9.79 Å². The molecule has 1 aliphatic rings. The Hall–Kier alpha value is -4.62. The van der Waals surface area contributed by atoms with Gasteiger partial charge in [-0.3, -0.25) is 14.2 Å². The first-order chi connectivity index (χ1) is 20.7. The molecule has 1 amide bonds. The highest BCUT2D eigenvalue weighted by Crippen LogP contribution is 2.41. The Bertz CT molecular complexity index is 1730. The second-order valence-electron chi connectivity index (χ2n) is 9.16. The third kappa shape index (κ3) is 6.57. The lowest BCUT2D eigenvalue weighted by Gasteiger charge is -2.27. The average Bonchev–Trinajstić information content (AvgIpc) is 3.29. The zero-order valence-corrected chi connectivity index (χ0v) is 25.3. The minimum Gasteiger partial charge on any atom is -0.493 e. The maximum absolute atomic E-state index is 14.2. The quantitative estimate of drug-likeness (QED) is 0.225. The normalized spacial score (nSPS) is 14.5. The first kappa shape index (κ1) is 31.3. The molecule has 1 aliphatic heterocycles. The Morgan fingerprint density at radius 1 is 1.02 bits per heavy atom. The smallest absolute Gasteiger partial charge is 0.338 e. The molecule has 0 saturated heterocycles. The molecule has 2 heterocycles. The number of thiazole rings is 1. The van der Waals surface area contributed by atoms with Gasteiger partial charge in [0.2, 0.25) is 0 Å². The fourth-order valence-electron chi connectivity index (χ4n) is 4.63. The molecule has 43 heavy (non-hydrogen) atoms. The maximum Gasteiger partial charge on any atom is 0.338 e. The second kappa shape index (κ2) is 14.0. The molecule has 228 valence electrons. The van der Waals surface area contributed by atoms with Gasteiger partial charge in [-0.05, 0) is 32.1 Å². The molecule has 4 rings (SSSR count). The highest BCUT2D eigenvalue weighted by molar-refractivity contribution is 7.07. The van der Waals surface area contributed by atoms with Crippen LogP contribution >= 0.6 is 11.3 Å². The topological polar surface area (TPSA) is 150 Å². The molecule has 0 unspecified atom stereocenters. The van der Waals surface area contributed by atoms with Crippen LogP contribution in [0.4, 0.5) is 0 Å². The number of carbonyl (C=O) groups is 2. The van der Waals surface area contributed by atoms with Gasteiger partial charge in [0.25, 0.3) is 11.5 Å². The van der Waals surface area contributed by atoms with Gasteiger partial charge in [-0.1, -0.05) is 35.6 Å². The molecule has 0 aliphatic carbocycles. The molecule has 12 nitrogen and oxygen atoms in total. The van der Waals surface area contributed by atoms with E-state index in [0.29, 0.717) is 50.0 Å². The number of nitrogens with two attached hydrogens (primary N) is 1. The molecule has 2 aromatic carbocycles. The summed E-state index contributed by atoms with van der Waals surface area (Å²) >= 11 is 1.13.